The van der Waals surface area contributed by atoms with E-state index in [4.69, 9.17) is 0 Å². The topological polar surface area (TPSA) is 51.1 Å². The third kappa shape index (κ3) is 3.04. The molecule has 1 heterocycles. The number of thiazole rings is 1. The molecule has 0 aliphatic rings. The van der Waals surface area contributed by atoms with Gasteiger partial charge in [-0.1, -0.05) is 23.5 Å². The molecule has 6 heteroatoms. The van der Waals surface area contributed by atoms with E-state index in [1.165, 1.54) is 4.57 Å². The van der Waals surface area contributed by atoms with Crippen LogP contribution in [-0.2, 0) is 11.3 Å². The van der Waals surface area contributed by atoms with E-state index in [1.807, 2.05) is 18.2 Å². The van der Waals surface area contributed by atoms with Crippen LogP contribution in [0.5, 0.6) is 0 Å². The minimum Gasteiger partial charge on any atom is -0.324 e. The molecule has 0 radical (unpaired) electrons. The molecule has 0 aliphatic heterocycles. The molecular weight excluding hydrogens is 304 g/mol. The number of carbonyl (C=O) groups excluding carboxylic acids is 1. The number of nitrogens with zero attached hydrogens (tertiary/aromatic N) is 1. The van der Waals surface area contributed by atoms with Crippen molar-refractivity contribution < 1.29 is 4.79 Å². The molecule has 0 saturated heterocycles. The third-order valence-electron chi connectivity index (χ3n) is 2.11. The third-order valence-corrected chi connectivity index (χ3v) is 3.49. The molecule has 0 atom stereocenters. The summed E-state index contributed by atoms with van der Waals surface area (Å²) in [5.41, 5.74) is 0.695. The fourth-order valence-corrected chi connectivity index (χ4v) is 2.28. The molecule has 4 nitrogen and oxygen atoms in total. The van der Waals surface area contributed by atoms with Gasteiger partial charge in [-0.15, -0.1) is 0 Å². The van der Waals surface area contributed by atoms with Gasteiger partial charge >= 0.3 is 4.87 Å². The van der Waals surface area contributed by atoms with Gasteiger partial charge in [-0.25, -0.2) is 0 Å². The van der Waals surface area contributed by atoms with Gasteiger partial charge in [0.05, 0.1) is 5.69 Å². The standard InChI is InChI=1S/C11H9BrN2O2S/c12-8-3-1-2-4-9(8)13-10(15)7-14-5-6-17-11(14)16/h1-6H,7H2,(H,13,15). The van der Waals surface area contributed by atoms with E-state index in [9.17, 15) is 9.59 Å². The molecule has 0 bridgehead atoms. The van der Waals surface area contributed by atoms with Crippen molar-refractivity contribution in [1.29, 1.82) is 0 Å². The molecule has 2 aromatic rings. The van der Waals surface area contributed by atoms with Crippen LogP contribution in [0.15, 0.2) is 45.1 Å². The van der Waals surface area contributed by atoms with Crippen molar-refractivity contribution in [1.82, 2.24) is 4.57 Å². The maximum atomic E-state index is 11.7. The van der Waals surface area contributed by atoms with Crippen LogP contribution in [0.25, 0.3) is 0 Å². The molecule has 0 aliphatic carbocycles. The average molecular weight is 313 g/mol. The quantitative estimate of drug-likeness (QED) is 0.945. The Labute approximate surface area is 110 Å². The van der Waals surface area contributed by atoms with Crippen LogP contribution < -0.4 is 10.2 Å². The number of nitrogens with one attached hydrogen (secondary N) is 1. The zero-order chi connectivity index (χ0) is 12.3. The number of aromatic nitrogens is 1. The van der Waals surface area contributed by atoms with Crippen LogP contribution in [0, 0.1) is 0 Å². The van der Waals surface area contributed by atoms with Gasteiger partial charge in [0.25, 0.3) is 0 Å². The number of rotatable bonds is 3. The number of anilines is 1. The van der Waals surface area contributed by atoms with Crippen molar-refractivity contribution >= 4 is 38.9 Å². The predicted octanol–water partition coefficient (Wildman–Crippen LogP) is 2.31. The monoisotopic (exact) mass is 312 g/mol. The molecular formula is C11H9BrN2O2S. The Balaban J connectivity index is 2.06. The molecule has 1 aromatic heterocycles. The first-order valence-electron chi connectivity index (χ1n) is 4.85. The lowest BCUT2D eigenvalue weighted by atomic mass is 10.3. The number of hydrogen-bond donors (Lipinski definition) is 1. The van der Waals surface area contributed by atoms with Crippen LogP contribution in [0.3, 0.4) is 0 Å². The number of amides is 1. The molecule has 0 unspecified atom stereocenters. The second-order valence-electron chi connectivity index (χ2n) is 3.32. The van der Waals surface area contributed by atoms with E-state index in [2.05, 4.69) is 21.2 Å². The summed E-state index contributed by atoms with van der Waals surface area (Å²) in [6.45, 7) is 0.0314. The minimum atomic E-state index is -0.225. The maximum absolute atomic E-state index is 11.7. The van der Waals surface area contributed by atoms with Gasteiger partial charge in [0.1, 0.15) is 6.54 Å². The normalized spacial score (nSPS) is 10.2. The molecule has 1 N–H and O–H groups in total. The van der Waals surface area contributed by atoms with Crippen molar-refractivity contribution in [3.8, 4) is 0 Å². The van der Waals surface area contributed by atoms with Crippen molar-refractivity contribution in [3.05, 3.63) is 50.0 Å². The number of carbonyl (C=O) groups is 1. The molecule has 0 spiro atoms. The SMILES string of the molecule is O=C(Cn1ccsc1=O)Nc1ccccc1Br. The largest absolute Gasteiger partial charge is 0.324 e. The van der Waals surface area contributed by atoms with Crippen LogP contribution in [0.4, 0.5) is 5.69 Å². The van der Waals surface area contributed by atoms with Crippen molar-refractivity contribution in [2.75, 3.05) is 5.32 Å². The molecule has 17 heavy (non-hydrogen) atoms. The first kappa shape index (κ1) is 12.1. The molecule has 1 amide bonds. The van der Waals surface area contributed by atoms with Gasteiger partial charge in [-0.2, -0.15) is 0 Å². The smallest absolute Gasteiger partial charge is 0.307 e. The van der Waals surface area contributed by atoms with Crippen molar-refractivity contribution in [2.24, 2.45) is 0 Å². The summed E-state index contributed by atoms with van der Waals surface area (Å²) in [4.78, 5) is 22.8. The lowest BCUT2D eigenvalue weighted by Crippen LogP contribution is -2.23. The van der Waals surface area contributed by atoms with Gasteiger partial charge in [-0.3, -0.25) is 14.2 Å². The maximum Gasteiger partial charge on any atom is 0.307 e. The highest BCUT2D eigenvalue weighted by Gasteiger charge is 2.07. The first-order valence-corrected chi connectivity index (χ1v) is 6.52. The van der Waals surface area contributed by atoms with Crippen LogP contribution >= 0.6 is 27.3 Å². The molecule has 2 rings (SSSR count). The van der Waals surface area contributed by atoms with Crippen molar-refractivity contribution in [3.63, 3.8) is 0 Å². The van der Waals surface area contributed by atoms with E-state index < -0.39 is 0 Å². The van der Waals surface area contributed by atoms with Crippen LogP contribution in [-0.4, -0.2) is 10.5 Å². The first-order chi connectivity index (χ1) is 8.16. The Morgan fingerprint density at radius 1 is 1.41 bits per heavy atom. The zero-order valence-corrected chi connectivity index (χ0v) is 11.1. The summed E-state index contributed by atoms with van der Waals surface area (Å²) < 4.78 is 2.18. The Bertz CT molecular complexity index is 591. The Morgan fingerprint density at radius 3 is 2.82 bits per heavy atom. The predicted molar refractivity (Wildman–Crippen MR) is 71.4 cm³/mol. The van der Waals surface area contributed by atoms with E-state index >= 15 is 0 Å². The highest BCUT2D eigenvalue weighted by atomic mass is 79.9. The molecule has 88 valence electrons. The highest BCUT2D eigenvalue weighted by Crippen LogP contribution is 2.20. The fraction of sp³-hybridized carbons (Fsp3) is 0.0909. The van der Waals surface area contributed by atoms with Crippen molar-refractivity contribution in [2.45, 2.75) is 6.54 Å². The Morgan fingerprint density at radius 2 is 2.18 bits per heavy atom. The van der Waals surface area contributed by atoms with Crippen LogP contribution in [0.2, 0.25) is 0 Å². The summed E-state index contributed by atoms with van der Waals surface area (Å²) in [6, 6.07) is 7.32. The van der Waals surface area contributed by atoms with Gasteiger partial charge < -0.3 is 5.32 Å². The van der Waals surface area contributed by atoms with Crippen LogP contribution in [0.1, 0.15) is 0 Å². The lowest BCUT2D eigenvalue weighted by Gasteiger charge is -2.06. The van der Waals surface area contributed by atoms with Gasteiger partial charge in [0, 0.05) is 16.0 Å². The Hall–Kier alpha value is -1.40. The van der Waals surface area contributed by atoms with E-state index in [0.29, 0.717) is 5.69 Å². The number of benzene rings is 1. The molecule has 0 saturated carbocycles. The van der Waals surface area contributed by atoms with Gasteiger partial charge in [-0.05, 0) is 28.1 Å². The number of halogens is 1. The zero-order valence-electron chi connectivity index (χ0n) is 8.72. The summed E-state index contributed by atoms with van der Waals surface area (Å²) in [5.74, 6) is -0.225. The summed E-state index contributed by atoms with van der Waals surface area (Å²) in [7, 11) is 0. The highest BCUT2D eigenvalue weighted by molar-refractivity contribution is 9.10. The van der Waals surface area contributed by atoms with Gasteiger partial charge in [0.15, 0.2) is 0 Å². The van der Waals surface area contributed by atoms with E-state index in [0.717, 1.165) is 15.8 Å². The Kier molecular flexibility index (Phi) is 3.75. The second kappa shape index (κ2) is 5.29. The molecule has 0 fully saturated rings. The summed E-state index contributed by atoms with van der Waals surface area (Å²) in [6.07, 6.45) is 1.60. The van der Waals surface area contributed by atoms with E-state index in [1.54, 1.807) is 17.6 Å². The van der Waals surface area contributed by atoms with E-state index in [-0.39, 0.29) is 17.3 Å². The lowest BCUT2D eigenvalue weighted by molar-refractivity contribution is -0.116. The number of para-hydroxylation sites is 1. The van der Waals surface area contributed by atoms with Gasteiger partial charge in [0.2, 0.25) is 5.91 Å². The summed E-state index contributed by atoms with van der Waals surface area (Å²) >= 11 is 4.41. The second-order valence-corrected chi connectivity index (χ2v) is 5.04. The fourth-order valence-electron chi connectivity index (χ4n) is 1.31. The minimum absolute atomic E-state index is 0.0314. The summed E-state index contributed by atoms with van der Waals surface area (Å²) in [5, 5.41) is 4.40. The molecule has 1 aromatic carbocycles. The average Bonchev–Trinajstić information content (AvgIpc) is 2.68. The number of hydrogen-bond acceptors (Lipinski definition) is 3.